The van der Waals surface area contributed by atoms with E-state index in [0.717, 1.165) is 0 Å². The SMILES string of the molecule is c1ccc(-c2c(-c3cccs3)[nH]c(-c3cccs3)c2-c2ccccc2)cc1.c1ccsc1. The van der Waals surface area contributed by atoms with Gasteiger partial charge in [0, 0.05) is 11.1 Å². The van der Waals surface area contributed by atoms with E-state index >= 15 is 0 Å². The first-order valence-corrected chi connectivity index (χ1v) is 13.0. The molecule has 0 atom stereocenters. The molecule has 156 valence electrons. The predicted molar refractivity (Wildman–Crippen MR) is 143 cm³/mol. The summed E-state index contributed by atoms with van der Waals surface area (Å²) in [7, 11) is 0. The second kappa shape index (κ2) is 9.96. The first-order chi connectivity index (χ1) is 15.9. The number of H-pyrrole nitrogens is 1. The van der Waals surface area contributed by atoms with Gasteiger partial charge in [-0.15, -0.1) is 22.7 Å². The van der Waals surface area contributed by atoms with Gasteiger partial charge in [0.1, 0.15) is 0 Å². The molecule has 4 heteroatoms. The van der Waals surface area contributed by atoms with Crippen LogP contribution in [0.4, 0.5) is 0 Å². The number of rotatable bonds is 4. The second-order valence-electron chi connectivity index (χ2n) is 7.10. The first-order valence-electron chi connectivity index (χ1n) is 10.3. The lowest BCUT2D eigenvalue weighted by atomic mass is 9.94. The van der Waals surface area contributed by atoms with Crippen molar-refractivity contribution in [3.8, 4) is 43.4 Å². The molecule has 0 fully saturated rings. The van der Waals surface area contributed by atoms with E-state index in [1.54, 1.807) is 34.0 Å². The van der Waals surface area contributed by atoms with E-state index in [2.05, 4.69) is 101 Å². The monoisotopic (exact) mass is 467 g/mol. The summed E-state index contributed by atoms with van der Waals surface area (Å²) in [6.45, 7) is 0. The van der Waals surface area contributed by atoms with E-state index < -0.39 is 0 Å². The molecule has 2 aromatic carbocycles. The van der Waals surface area contributed by atoms with Crippen molar-refractivity contribution in [3.05, 3.63) is 119 Å². The van der Waals surface area contributed by atoms with Crippen LogP contribution in [0.1, 0.15) is 0 Å². The normalized spacial score (nSPS) is 10.5. The molecule has 0 aliphatic carbocycles. The van der Waals surface area contributed by atoms with Gasteiger partial charge in [0.25, 0.3) is 0 Å². The van der Waals surface area contributed by atoms with Crippen molar-refractivity contribution in [1.82, 2.24) is 4.98 Å². The van der Waals surface area contributed by atoms with E-state index in [1.165, 1.54) is 43.4 Å². The van der Waals surface area contributed by atoms with Crippen molar-refractivity contribution in [3.63, 3.8) is 0 Å². The van der Waals surface area contributed by atoms with Crippen LogP contribution in [0.2, 0.25) is 0 Å². The zero-order valence-corrected chi connectivity index (χ0v) is 19.7. The van der Waals surface area contributed by atoms with Crippen molar-refractivity contribution < 1.29 is 0 Å². The third-order valence-corrected chi connectivity index (χ3v) is 7.49. The fourth-order valence-corrected chi connectivity index (χ4v) is 5.64. The van der Waals surface area contributed by atoms with Crippen molar-refractivity contribution in [2.24, 2.45) is 0 Å². The number of hydrogen-bond donors (Lipinski definition) is 1. The Morgan fingerprint density at radius 3 is 1.25 bits per heavy atom. The zero-order chi connectivity index (χ0) is 21.6. The predicted octanol–water partition coefficient (Wildman–Crippen LogP) is 9.55. The average molecular weight is 468 g/mol. The lowest BCUT2D eigenvalue weighted by molar-refractivity contribution is 1.42. The summed E-state index contributed by atoms with van der Waals surface area (Å²) >= 11 is 5.26. The fraction of sp³-hybridized carbons (Fsp3) is 0. The molecular weight excluding hydrogens is 447 g/mol. The molecule has 0 radical (unpaired) electrons. The zero-order valence-electron chi connectivity index (χ0n) is 17.3. The van der Waals surface area contributed by atoms with Crippen LogP contribution in [0, 0.1) is 0 Å². The molecule has 32 heavy (non-hydrogen) atoms. The minimum Gasteiger partial charge on any atom is -0.352 e. The highest BCUT2D eigenvalue weighted by Crippen LogP contribution is 2.47. The molecule has 0 saturated heterocycles. The highest BCUT2D eigenvalue weighted by atomic mass is 32.1. The van der Waals surface area contributed by atoms with Gasteiger partial charge in [-0.05, 0) is 44.8 Å². The molecule has 1 N–H and O–H groups in total. The maximum atomic E-state index is 3.77. The summed E-state index contributed by atoms with van der Waals surface area (Å²) in [5.41, 5.74) is 7.40. The second-order valence-corrected chi connectivity index (χ2v) is 9.82. The minimum absolute atomic E-state index is 1.19. The highest BCUT2D eigenvalue weighted by Gasteiger charge is 2.23. The fourth-order valence-electron chi connectivity index (χ4n) is 3.73. The molecule has 6 aromatic rings. The molecule has 0 unspecified atom stereocenters. The summed E-state index contributed by atoms with van der Waals surface area (Å²) in [6.07, 6.45) is 0. The van der Waals surface area contributed by atoms with E-state index in [4.69, 9.17) is 0 Å². The van der Waals surface area contributed by atoms with Gasteiger partial charge in [-0.25, -0.2) is 0 Å². The molecule has 4 aromatic heterocycles. The number of aromatic amines is 1. The molecule has 0 bridgehead atoms. The highest BCUT2D eigenvalue weighted by molar-refractivity contribution is 7.14. The summed E-state index contributed by atoms with van der Waals surface area (Å²) in [6, 6.07) is 34.0. The van der Waals surface area contributed by atoms with E-state index in [-0.39, 0.29) is 0 Å². The minimum atomic E-state index is 1.19. The molecule has 0 aliphatic rings. The molecule has 0 saturated carbocycles. The van der Waals surface area contributed by atoms with Crippen LogP contribution in [0.5, 0.6) is 0 Å². The van der Waals surface area contributed by atoms with Gasteiger partial charge in [-0.2, -0.15) is 11.3 Å². The summed E-state index contributed by atoms with van der Waals surface area (Å²) in [5.74, 6) is 0. The standard InChI is InChI=1S/C24H17NS2.C4H4S/c1-3-9-17(10-4-1)21-22(18-11-5-2-6-12-18)24(20-14-8-16-27-20)25-23(21)19-13-7-15-26-19;1-2-4-5-3-1/h1-16,25H;1-4H. The van der Waals surface area contributed by atoms with Crippen LogP contribution in [0.3, 0.4) is 0 Å². The third-order valence-electron chi connectivity index (χ3n) is 5.09. The lowest BCUT2D eigenvalue weighted by Crippen LogP contribution is -1.84. The van der Waals surface area contributed by atoms with E-state index in [9.17, 15) is 0 Å². The largest absolute Gasteiger partial charge is 0.352 e. The van der Waals surface area contributed by atoms with Gasteiger partial charge < -0.3 is 4.98 Å². The van der Waals surface area contributed by atoms with Gasteiger partial charge in [0.2, 0.25) is 0 Å². The number of aromatic nitrogens is 1. The summed E-state index contributed by atoms with van der Waals surface area (Å²) in [5, 5.41) is 8.36. The molecule has 4 heterocycles. The Kier molecular flexibility index (Phi) is 6.45. The van der Waals surface area contributed by atoms with Gasteiger partial charge in [-0.3, -0.25) is 0 Å². The molecule has 0 aliphatic heterocycles. The molecule has 6 rings (SSSR count). The van der Waals surface area contributed by atoms with E-state index in [0.29, 0.717) is 0 Å². The third kappa shape index (κ3) is 4.39. The molecule has 1 nitrogen and oxygen atoms in total. The topological polar surface area (TPSA) is 15.8 Å². The maximum absolute atomic E-state index is 3.77. The number of benzene rings is 2. The van der Waals surface area contributed by atoms with Crippen LogP contribution in [0.25, 0.3) is 43.4 Å². The van der Waals surface area contributed by atoms with Crippen LogP contribution >= 0.6 is 34.0 Å². The first kappa shape index (κ1) is 20.7. The summed E-state index contributed by atoms with van der Waals surface area (Å²) < 4.78 is 0. The Morgan fingerprint density at radius 1 is 0.438 bits per heavy atom. The van der Waals surface area contributed by atoms with Crippen LogP contribution in [-0.4, -0.2) is 4.98 Å². The molecule has 0 spiro atoms. The Labute approximate surface area is 200 Å². The average Bonchev–Trinajstić information content (AvgIpc) is 3.67. The molecular formula is C28H21NS3. The Bertz CT molecular complexity index is 1220. The number of nitrogens with one attached hydrogen (secondary N) is 1. The molecule has 0 amide bonds. The summed E-state index contributed by atoms with van der Waals surface area (Å²) in [4.78, 5) is 6.29. The smallest absolute Gasteiger partial charge is 0.0646 e. The van der Waals surface area contributed by atoms with Gasteiger partial charge in [0.15, 0.2) is 0 Å². The van der Waals surface area contributed by atoms with Crippen molar-refractivity contribution in [2.75, 3.05) is 0 Å². The Hall–Kier alpha value is -3.18. The van der Waals surface area contributed by atoms with E-state index in [1.807, 2.05) is 22.9 Å². The van der Waals surface area contributed by atoms with Gasteiger partial charge in [-0.1, -0.05) is 84.9 Å². The van der Waals surface area contributed by atoms with Crippen LogP contribution in [-0.2, 0) is 0 Å². The maximum Gasteiger partial charge on any atom is 0.0646 e. The van der Waals surface area contributed by atoms with Crippen molar-refractivity contribution in [2.45, 2.75) is 0 Å². The van der Waals surface area contributed by atoms with Crippen molar-refractivity contribution >= 4 is 34.0 Å². The lowest BCUT2D eigenvalue weighted by Gasteiger charge is -2.09. The Morgan fingerprint density at radius 2 is 0.906 bits per heavy atom. The van der Waals surface area contributed by atoms with Gasteiger partial charge >= 0.3 is 0 Å². The van der Waals surface area contributed by atoms with Crippen LogP contribution in [0.15, 0.2) is 119 Å². The number of hydrogen-bond acceptors (Lipinski definition) is 3. The van der Waals surface area contributed by atoms with Crippen molar-refractivity contribution in [1.29, 1.82) is 0 Å². The number of thiophene rings is 3. The quantitative estimate of drug-likeness (QED) is 0.266. The van der Waals surface area contributed by atoms with Gasteiger partial charge in [0.05, 0.1) is 21.1 Å². The van der Waals surface area contributed by atoms with Crippen LogP contribution < -0.4 is 0 Å². The Balaban J connectivity index is 0.000000383.